The van der Waals surface area contributed by atoms with Gasteiger partial charge in [0.05, 0.1) is 7.11 Å². The summed E-state index contributed by atoms with van der Waals surface area (Å²) in [6.45, 7) is 0. The van der Waals surface area contributed by atoms with E-state index < -0.39 is 29.6 Å². The molecular formula is C16H17F2NO4. The lowest BCUT2D eigenvalue weighted by Crippen LogP contribution is -2.48. The summed E-state index contributed by atoms with van der Waals surface area (Å²) in [7, 11) is 1.17. The van der Waals surface area contributed by atoms with Gasteiger partial charge in [-0.2, -0.15) is 0 Å². The molecule has 5 nitrogen and oxygen atoms in total. The fourth-order valence-corrected chi connectivity index (χ4v) is 2.75. The Bertz CT molecular complexity index is 612. The highest BCUT2D eigenvalue weighted by Gasteiger charge is 2.34. The van der Waals surface area contributed by atoms with Crippen LogP contribution >= 0.6 is 0 Å². The van der Waals surface area contributed by atoms with Crippen LogP contribution in [0.4, 0.5) is 8.78 Å². The summed E-state index contributed by atoms with van der Waals surface area (Å²) < 4.78 is 31.1. The van der Waals surface area contributed by atoms with E-state index in [0.29, 0.717) is 25.3 Å². The molecule has 1 amide bonds. The molecule has 2 atom stereocenters. The largest absolute Gasteiger partial charge is 0.467 e. The van der Waals surface area contributed by atoms with Crippen molar-refractivity contribution in [3.8, 4) is 0 Å². The van der Waals surface area contributed by atoms with E-state index in [1.54, 1.807) is 0 Å². The van der Waals surface area contributed by atoms with Crippen molar-refractivity contribution in [1.82, 2.24) is 5.32 Å². The third-order valence-electron chi connectivity index (χ3n) is 3.86. The molecule has 0 unspecified atom stereocenters. The molecule has 1 aromatic carbocycles. The second kappa shape index (κ2) is 7.30. The van der Waals surface area contributed by atoms with E-state index in [1.807, 2.05) is 0 Å². The van der Waals surface area contributed by atoms with Crippen LogP contribution in [0.15, 0.2) is 18.2 Å². The van der Waals surface area contributed by atoms with E-state index in [-0.39, 0.29) is 23.7 Å². The van der Waals surface area contributed by atoms with Crippen LogP contribution in [0.2, 0.25) is 0 Å². The zero-order chi connectivity index (χ0) is 17.0. The second-order valence-electron chi connectivity index (χ2n) is 5.53. The van der Waals surface area contributed by atoms with E-state index in [1.165, 1.54) is 7.11 Å². The molecule has 1 fully saturated rings. The van der Waals surface area contributed by atoms with E-state index in [2.05, 4.69) is 10.1 Å². The Hall–Kier alpha value is -2.31. The first-order valence-corrected chi connectivity index (χ1v) is 7.27. The lowest BCUT2D eigenvalue weighted by molar-refractivity contribution is -0.145. The van der Waals surface area contributed by atoms with Crippen LogP contribution in [0, 0.1) is 17.6 Å². The Labute approximate surface area is 132 Å². The van der Waals surface area contributed by atoms with Gasteiger partial charge in [0.1, 0.15) is 23.5 Å². The van der Waals surface area contributed by atoms with Gasteiger partial charge in [-0.05, 0) is 30.9 Å². The molecule has 1 aromatic rings. The number of methoxy groups -OCH3 is 1. The predicted molar refractivity (Wildman–Crippen MR) is 76.6 cm³/mol. The van der Waals surface area contributed by atoms with Crippen LogP contribution in [0.3, 0.4) is 0 Å². The van der Waals surface area contributed by atoms with Crippen molar-refractivity contribution in [2.75, 3.05) is 7.11 Å². The average molecular weight is 325 g/mol. The Morgan fingerprint density at radius 1 is 1.26 bits per heavy atom. The Kier molecular flexibility index (Phi) is 5.41. The molecule has 0 radical (unpaired) electrons. The molecule has 0 aliphatic heterocycles. The Morgan fingerprint density at radius 2 is 1.91 bits per heavy atom. The first-order valence-electron chi connectivity index (χ1n) is 7.27. The quantitative estimate of drug-likeness (QED) is 0.860. The summed E-state index contributed by atoms with van der Waals surface area (Å²) in [5.74, 6) is -3.63. The minimum atomic E-state index is -1.02. The van der Waals surface area contributed by atoms with Gasteiger partial charge in [-0.15, -0.1) is 0 Å². The zero-order valence-electron chi connectivity index (χ0n) is 12.6. The molecule has 1 aliphatic rings. The summed E-state index contributed by atoms with van der Waals surface area (Å²) in [6, 6.07) is 1.37. The molecule has 7 heteroatoms. The van der Waals surface area contributed by atoms with Gasteiger partial charge in [0.25, 0.3) is 5.91 Å². The number of amides is 1. The minimum absolute atomic E-state index is 0.0150. The maximum Gasteiger partial charge on any atom is 0.328 e. The van der Waals surface area contributed by atoms with Crippen molar-refractivity contribution in [2.24, 2.45) is 5.92 Å². The standard InChI is InChI=1S/C16H17F2NO4/c1-23-16(22)14(9-3-2-4-13(20)7-9)19-15(21)10-5-11(17)8-12(18)6-10/h5-6,8-9,14H,2-4,7H2,1H3,(H,19,21)/t9-,14-/m1/s1. The number of carbonyl (C=O) groups excluding carboxylic acids is 3. The molecule has 0 saturated heterocycles. The van der Waals surface area contributed by atoms with E-state index in [9.17, 15) is 23.2 Å². The normalized spacial score (nSPS) is 19.1. The number of halogens is 2. The highest BCUT2D eigenvalue weighted by molar-refractivity contribution is 5.97. The van der Waals surface area contributed by atoms with E-state index >= 15 is 0 Å². The summed E-state index contributed by atoms with van der Waals surface area (Å²) in [5.41, 5.74) is -0.237. The number of benzene rings is 1. The first kappa shape index (κ1) is 17.1. The Balaban J connectivity index is 2.18. The third kappa shape index (κ3) is 4.34. The molecule has 1 aliphatic carbocycles. The molecule has 23 heavy (non-hydrogen) atoms. The second-order valence-corrected chi connectivity index (χ2v) is 5.53. The van der Waals surface area contributed by atoms with Gasteiger partial charge in [-0.1, -0.05) is 0 Å². The maximum atomic E-state index is 13.2. The summed E-state index contributed by atoms with van der Waals surface area (Å²) in [4.78, 5) is 35.7. The number of ether oxygens (including phenoxy) is 1. The van der Waals surface area contributed by atoms with Crippen LogP contribution in [-0.2, 0) is 14.3 Å². The van der Waals surface area contributed by atoms with Crippen LogP contribution < -0.4 is 5.32 Å². The van der Waals surface area contributed by atoms with Crippen LogP contribution in [0.5, 0.6) is 0 Å². The average Bonchev–Trinajstić information content (AvgIpc) is 2.50. The van der Waals surface area contributed by atoms with Gasteiger partial charge in [-0.25, -0.2) is 13.6 Å². The molecular weight excluding hydrogens is 308 g/mol. The fraction of sp³-hybridized carbons (Fsp3) is 0.438. The number of rotatable bonds is 4. The molecule has 0 aromatic heterocycles. The fourth-order valence-electron chi connectivity index (χ4n) is 2.75. The van der Waals surface area contributed by atoms with Crippen molar-refractivity contribution in [3.63, 3.8) is 0 Å². The van der Waals surface area contributed by atoms with Crippen LogP contribution in [0.25, 0.3) is 0 Å². The van der Waals surface area contributed by atoms with Gasteiger partial charge in [0.15, 0.2) is 0 Å². The van der Waals surface area contributed by atoms with Crippen molar-refractivity contribution in [2.45, 2.75) is 31.7 Å². The molecule has 0 heterocycles. The predicted octanol–water partition coefficient (Wildman–Crippen LogP) is 2.00. The van der Waals surface area contributed by atoms with Crippen molar-refractivity contribution in [3.05, 3.63) is 35.4 Å². The zero-order valence-corrected chi connectivity index (χ0v) is 12.6. The van der Waals surface area contributed by atoms with Gasteiger partial charge in [-0.3, -0.25) is 9.59 Å². The Morgan fingerprint density at radius 3 is 2.48 bits per heavy atom. The SMILES string of the molecule is COC(=O)[C@H](NC(=O)c1cc(F)cc(F)c1)[C@@H]1CCCC(=O)C1. The van der Waals surface area contributed by atoms with E-state index in [0.717, 1.165) is 12.1 Å². The monoisotopic (exact) mass is 325 g/mol. The first-order chi connectivity index (χ1) is 10.9. The molecule has 0 bridgehead atoms. The summed E-state index contributed by atoms with van der Waals surface area (Å²) in [6.07, 6.45) is 1.83. The number of carbonyl (C=O) groups is 3. The maximum absolute atomic E-state index is 13.2. The highest BCUT2D eigenvalue weighted by atomic mass is 19.1. The molecule has 1 saturated carbocycles. The van der Waals surface area contributed by atoms with E-state index in [4.69, 9.17) is 0 Å². The number of hydrogen-bond acceptors (Lipinski definition) is 4. The number of hydrogen-bond donors (Lipinski definition) is 1. The van der Waals surface area contributed by atoms with Gasteiger partial charge in [0.2, 0.25) is 0 Å². The number of ketones is 1. The van der Waals surface area contributed by atoms with Gasteiger partial charge >= 0.3 is 5.97 Å². The topological polar surface area (TPSA) is 72.5 Å². The summed E-state index contributed by atoms with van der Waals surface area (Å²) in [5, 5.41) is 2.43. The smallest absolute Gasteiger partial charge is 0.328 e. The number of esters is 1. The lowest BCUT2D eigenvalue weighted by Gasteiger charge is -2.28. The van der Waals surface area contributed by atoms with Gasteiger partial charge in [0, 0.05) is 24.5 Å². The van der Waals surface area contributed by atoms with Crippen LogP contribution in [0.1, 0.15) is 36.0 Å². The lowest BCUT2D eigenvalue weighted by atomic mass is 9.83. The van der Waals surface area contributed by atoms with Crippen LogP contribution in [-0.4, -0.2) is 30.8 Å². The molecule has 2 rings (SSSR count). The van der Waals surface area contributed by atoms with Crippen molar-refractivity contribution < 1.29 is 27.9 Å². The molecule has 124 valence electrons. The van der Waals surface area contributed by atoms with Gasteiger partial charge < -0.3 is 10.1 Å². The number of Topliss-reactive ketones (excluding diaryl/α,β-unsaturated/α-hetero) is 1. The summed E-state index contributed by atoms with van der Waals surface area (Å²) >= 11 is 0. The van der Waals surface area contributed by atoms with Crippen molar-refractivity contribution >= 4 is 17.7 Å². The minimum Gasteiger partial charge on any atom is -0.467 e. The molecule has 0 spiro atoms. The third-order valence-corrected chi connectivity index (χ3v) is 3.86. The molecule has 1 N–H and O–H groups in total. The van der Waals surface area contributed by atoms with Crippen molar-refractivity contribution in [1.29, 1.82) is 0 Å². The highest BCUT2D eigenvalue weighted by Crippen LogP contribution is 2.25. The number of nitrogens with one attached hydrogen (secondary N) is 1.